The topological polar surface area (TPSA) is 23.8 Å². The minimum atomic E-state index is -0.298. The van der Waals surface area contributed by atoms with E-state index in [1.165, 1.54) is 6.07 Å². The maximum Gasteiger partial charge on any atom is 0.127 e. The van der Waals surface area contributed by atoms with Gasteiger partial charge >= 0.3 is 0 Å². The molecular formula is C9H7BrFN. The largest absolute Gasteiger partial charge is 0.207 e. The molecule has 0 aromatic heterocycles. The van der Waals surface area contributed by atoms with Crippen LogP contribution in [0.2, 0.25) is 0 Å². The molecule has 0 spiro atoms. The molecule has 0 amide bonds. The van der Waals surface area contributed by atoms with Crippen molar-refractivity contribution in [1.29, 1.82) is 5.26 Å². The van der Waals surface area contributed by atoms with Crippen LogP contribution in [-0.4, -0.2) is 0 Å². The fourth-order valence-electron chi connectivity index (χ4n) is 1.01. The molecule has 0 heterocycles. The SMILES string of the molecule is N#CCc1c(F)cccc1CBr. The van der Waals surface area contributed by atoms with Gasteiger partial charge in [0.05, 0.1) is 12.5 Å². The van der Waals surface area contributed by atoms with Gasteiger partial charge in [-0.1, -0.05) is 28.1 Å². The zero-order valence-corrected chi connectivity index (χ0v) is 7.94. The van der Waals surface area contributed by atoms with Crippen molar-refractivity contribution >= 4 is 15.9 Å². The second-order valence-electron chi connectivity index (χ2n) is 2.35. The molecule has 12 heavy (non-hydrogen) atoms. The Balaban J connectivity index is 3.12. The highest BCUT2D eigenvalue weighted by Gasteiger charge is 2.05. The van der Waals surface area contributed by atoms with E-state index < -0.39 is 0 Å². The average Bonchev–Trinajstić information content (AvgIpc) is 2.09. The van der Waals surface area contributed by atoms with E-state index in [1.807, 2.05) is 12.1 Å². The summed E-state index contributed by atoms with van der Waals surface area (Å²) in [4.78, 5) is 0. The monoisotopic (exact) mass is 227 g/mol. The van der Waals surface area contributed by atoms with E-state index >= 15 is 0 Å². The number of nitrogens with zero attached hydrogens (tertiary/aromatic N) is 1. The Morgan fingerprint density at radius 1 is 1.50 bits per heavy atom. The zero-order valence-electron chi connectivity index (χ0n) is 6.35. The highest BCUT2D eigenvalue weighted by atomic mass is 79.9. The van der Waals surface area contributed by atoms with E-state index in [0.29, 0.717) is 10.9 Å². The molecule has 0 aliphatic heterocycles. The summed E-state index contributed by atoms with van der Waals surface area (Å²) in [6.45, 7) is 0. The Hall–Kier alpha value is -0.880. The molecule has 0 atom stereocenters. The Bertz CT molecular complexity index is 317. The smallest absolute Gasteiger partial charge is 0.127 e. The van der Waals surface area contributed by atoms with Crippen LogP contribution in [0.25, 0.3) is 0 Å². The first-order chi connectivity index (χ1) is 5.79. The van der Waals surface area contributed by atoms with Gasteiger partial charge in [-0.25, -0.2) is 4.39 Å². The summed E-state index contributed by atoms with van der Waals surface area (Å²) in [6.07, 6.45) is 0.133. The number of hydrogen-bond acceptors (Lipinski definition) is 1. The molecule has 0 fully saturated rings. The van der Waals surface area contributed by atoms with Crippen LogP contribution in [0.3, 0.4) is 0 Å². The van der Waals surface area contributed by atoms with E-state index in [9.17, 15) is 4.39 Å². The van der Waals surface area contributed by atoms with Gasteiger partial charge in [0.1, 0.15) is 5.82 Å². The van der Waals surface area contributed by atoms with Crippen molar-refractivity contribution in [2.75, 3.05) is 0 Å². The van der Waals surface area contributed by atoms with E-state index in [1.54, 1.807) is 6.07 Å². The molecule has 62 valence electrons. The van der Waals surface area contributed by atoms with Gasteiger partial charge in [0.15, 0.2) is 0 Å². The van der Waals surface area contributed by atoms with Gasteiger partial charge in [-0.2, -0.15) is 5.26 Å². The van der Waals surface area contributed by atoms with Gasteiger partial charge in [-0.3, -0.25) is 0 Å². The van der Waals surface area contributed by atoms with Crippen molar-refractivity contribution in [2.24, 2.45) is 0 Å². The average molecular weight is 228 g/mol. The fraction of sp³-hybridized carbons (Fsp3) is 0.222. The summed E-state index contributed by atoms with van der Waals surface area (Å²) in [5.41, 5.74) is 1.34. The predicted octanol–water partition coefficient (Wildman–Crippen LogP) is 2.79. The molecule has 1 rings (SSSR count). The summed E-state index contributed by atoms with van der Waals surface area (Å²) in [7, 11) is 0. The first kappa shape index (κ1) is 9.21. The molecule has 0 unspecified atom stereocenters. The highest BCUT2D eigenvalue weighted by molar-refractivity contribution is 9.08. The van der Waals surface area contributed by atoms with Crippen molar-refractivity contribution in [3.8, 4) is 6.07 Å². The van der Waals surface area contributed by atoms with Gasteiger partial charge in [0, 0.05) is 10.9 Å². The fourth-order valence-corrected chi connectivity index (χ4v) is 1.53. The lowest BCUT2D eigenvalue weighted by Crippen LogP contribution is -1.94. The summed E-state index contributed by atoms with van der Waals surface area (Å²) in [6, 6.07) is 6.77. The third-order valence-electron chi connectivity index (χ3n) is 1.62. The second kappa shape index (κ2) is 4.22. The van der Waals surface area contributed by atoms with Crippen molar-refractivity contribution < 1.29 is 4.39 Å². The Morgan fingerprint density at radius 3 is 2.83 bits per heavy atom. The van der Waals surface area contributed by atoms with Crippen molar-refractivity contribution in [3.05, 3.63) is 35.1 Å². The molecule has 0 radical (unpaired) electrons. The minimum absolute atomic E-state index is 0.133. The molecule has 0 saturated carbocycles. The quantitative estimate of drug-likeness (QED) is 0.714. The maximum atomic E-state index is 13.1. The van der Waals surface area contributed by atoms with Crippen LogP contribution in [0.15, 0.2) is 18.2 Å². The van der Waals surface area contributed by atoms with E-state index in [-0.39, 0.29) is 12.2 Å². The molecule has 1 aromatic carbocycles. The number of alkyl halides is 1. The number of nitriles is 1. The molecule has 1 aromatic rings. The number of halogens is 2. The van der Waals surface area contributed by atoms with E-state index in [2.05, 4.69) is 15.9 Å². The van der Waals surface area contributed by atoms with Crippen LogP contribution in [0.1, 0.15) is 11.1 Å². The molecule has 3 heteroatoms. The third-order valence-corrected chi connectivity index (χ3v) is 2.22. The van der Waals surface area contributed by atoms with Crippen LogP contribution in [-0.2, 0) is 11.8 Å². The first-order valence-corrected chi connectivity index (χ1v) is 4.61. The molecule has 0 bridgehead atoms. The van der Waals surface area contributed by atoms with E-state index in [0.717, 1.165) is 5.56 Å². The lowest BCUT2D eigenvalue weighted by atomic mass is 10.1. The zero-order chi connectivity index (χ0) is 8.97. The summed E-state index contributed by atoms with van der Waals surface area (Å²) >= 11 is 3.24. The Morgan fingerprint density at radius 2 is 2.25 bits per heavy atom. The van der Waals surface area contributed by atoms with Crippen molar-refractivity contribution in [3.63, 3.8) is 0 Å². The van der Waals surface area contributed by atoms with Crippen LogP contribution < -0.4 is 0 Å². The predicted molar refractivity (Wildman–Crippen MR) is 48.3 cm³/mol. The maximum absolute atomic E-state index is 13.1. The normalized spacial score (nSPS) is 9.42. The second-order valence-corrected chi connectivity index (χ2v) is 2.91. The molecule has 0 N–H and O–H groups in total. The molecule has 1 nitrogen and oxygen atoms in total. The molecule has 0 aliphatic carbocycles. The van der Waals surface area contributed by atoms with Crippen LogP contribution in [0, 0.1) is 17.1 Å². The minimum Gasteiger partial charge on any atom is -0.207 e. The summed E-state index contributed by atoms with van der Waals surface area (Å²) < 4.78 is 13.1. The molecule has 0 aliphatic rings. The van der Waals surface area contributed by atoms with Crippen LogP contribution >= 0.6 is 15.9 Å². The van der Waals surface area contributed by atoms with Gasteiger partial charge in [0.2, 0.25) is 0 Å². The third kappa shape index (κ3) is 1.83. The lowest BCUT2D eigenvalue weighted by molar-refractivity contribution is 0.613. The summed E-state index contributed by atoms with van der Waals surface area (Å²) in [5.74, 6) is -0.298. The Kier molecular flexibility index (Phi) is 3.24. The van der Waals surface area contributed by atoms with Gasteiger partial charge < -0.3 is 0 Å². The van der Waals surface area contributed by atoms with Gasteiger partial charge in [-0.05, 0) is 11.6 Å². The van der Waals surface area contributed by atoms with E-state index in [4.69, 9.17) is 5.26 Å². The standard InChI is InChI=1S/C9H7BrFN/c10-6-7-2-1-3-9(11)8(7)4-5-12/h1-3H,4,6H2. The highest BCUT2D eigenvalue weighted by Crippen LogP contribution is 2.16. The molecular weight excluding hydrogens is 221 g/mol. The van der Waals surface area contributed by atoms with Crippen molar-refractivity contribution in [1.82, 2.24) is 0 Å². The van der Waals surface area contributed by atoms with Crippen LogP contribution in [0.5, 0.6) is 0 Å². The van der Waals surface area contributed by atoms with Crippen LogP contribution in [0.4, 0.5) is 4.39 Å². The number of benzene rings is 1. The number of hydrogen-bond donors (Lipinski definition) is 0. The van der Waals surface area contributed by atoms with Gasteiger partial charge in [0.25, 0.3) is 0 Å². The van der Waals surface area contributed by atoms with Crippen molar-refractivity contribution in [2.45, 2.75) is 11.8 Å². The lowest BCUT2D eigenvalue weighted by Gasteiger charge is -2.03. The molecule has 0 saturated heterocycles. The Labute approximate surface area is 79.0 Å². The summed E-state index contributed by atoms with van der Waals surface area (Å²) in [5, 5.41) is 9.02. The first-order valence-electron chi connectivity index (χ1n) is 3.48. The van der Waals surface area contributed by atoms with Gasteiger partial charge in [-0.15, -0.1) is 0 Å². The number of rotatable bonds is 2.